The van der Waals surface area contributed by atoms with Crippen LogP contribution in [0, 0.1) is 5.92 Å². The highest BCUT2D eigenvalue weighted by atomic mass is 15.2. The fraction of sp³-hybridized carbons (Fsp3) is 0.474. The molecule has 3 rings (SSSR count). The Labute approximate surface area is 128 Å². The highest BCUT2D eigenvalue weighted by Gasteiger charge is 2.23. The van der Waals surface area contributed by atoms with Crippen molar-refractivity contribution in [3.05, 3.63) is 48.0 Å². The molecule has 1 aliphatic rings. The molecule has 1 N–H and O–H groups in total. The molecule has 0 aliphatic carbocycles. The number of nitrogens with zero attached hydrogens (tertiary/aromatic N) is 1. The first-order valence-corrected chi connectivity index (χ1v) is 8.17. The topological polar surface area (TPSA) is 15.3 Å². The van der Waals surface area contributed by atoms with Gasteiger partial charge in [0.15, 0.2) is 0 Å². The third-order valence-corrected chi connectivity index (χ3v) is 4.45. The van der Waals surface area contributed by atoms with Gasteiger partial charge in [0.25, 0.3) is 0 Å². The molecule has 1 fully saturated rings. The van der Waals surface area contributed by atoms with Crippen LogP contribution in [0.5, 0.6) is 0 Å². The lowest BCUT2D eigenvalue weighted by Gasteiger charge is -2.36. The molecule has 0 radical (unpaired) electrons. The second-order valence-corrected chi connectivity index (χ2v) is 6.54. The first-order chi connectivity index (χ1) is 10.2. The van der Waals surface area contributed by atoms with Crippen molar-refractivity contribution in [1.82, 2.24) is 10.2 Å². The molecule has 0 unspecified atom stereocenters. The standard InChI is InChI=1S/C19H26N2/c1-15(2)13-19(21-11-9-20-10-12-21)18-8-7-16-5-3-4-6-17(16)14-18/h3-8,14-15,19-20H,9-13H2,1-2H3/t19-/m1/s1. The summed E-state index contributed by atoms with van der Waals surface area (Å²) in [5.41, 5.74) is 1.48. The van der Waals surface area contributed by atoms with Crippen LogP contribution in [-0.4, -0.2) is 31.1 Å². The summed E-state index contributed by atoms with van der Waals surface area (Å²) < 4.78 is 0. The molecule has 1 heterocycles. The molecule has 2 aromatic carbocycles. The van der Waals surface area contributed by atoms with Crippen molar-refractivity contribution in [3.63, 3.8) is 0 Å². The zero-order chi connectivity index (χ0) is 14.7. The van der Waals surface area contributed by atoms with Gasteiger partial charge in [0, 0.05) is 32.2 Å². The number of fused-ring (bicyclic) bond motifs is 1. The molecular weight excluding hydrogens is 256 g/mol. The normalized spacial score (nSPS) is 18.2. The van der Waals surface area contributed by atoms with Crippen LogP contribution in [-0.2, 0) is 0 Å². The Balaban J connectivity index is 1.92. The molecular formula is C19H26N2. The van der Waals surface area contributed by atoms with Crippen molar-refractivity contribution < 1.29 is 0 Å². The van der Waals surface area contributed by atoms with Crippen LogP contribution in [0.4, 0.5) is 0 Å². The van der Waals surface area contributed by atoms with Gasteiger partial charge in [-0.15, -0.1) is 0 Å². The van der Waals surface area contributed by atoms with E-state index in [0.717, 1.165) is 32.1 Å². The molecule has 0 bridgehead atoms. The van der Waals surface area contributed by atoms with Crippen LogP contribution < -0.4 is 5.32 Å². The summed E-state index contributed by atoms with van der Waals surface area (Å²) in [4.78, 5) is 2.65. The molecule has 1 atom stereocenters. The van der Waals surface area contributed by atoms with Crippen molar-refractivity contribution in [2.75, 3.05) is 26.2 Å². The second kappa shape index (κ2) is 6.59. The highest BCUT2D eigenvalue weighted by Crippen LogP contribution is 2.30. The molecule has 0 spiro atoms. The summed E-state index contributed by atoms with van der Waals surface area (Å²) in [6.07, 6.45) is 1.23. The van der Waals surface area contributed by atoms with Crippen LogP contribution in [0.15, 0.2) is 42.5 Å². The Bertz CT molecular complexity index is 585. The van der Waals surface area contributed by atoms with Crippen molar-refractivity contribution >= 4 is 10.8 Å². The largest absolute Gasteiger partial charge is 0.314 e. The van der Waals surface area contributed by atoms with E-state index in [-0.39, 0.29) is 0 Å². The fourth-order valence-electron chi connectivity index (χ4n) is 3.35. The van der Waals surface area contributed by atoms with Gasteiger partial charge in [-0.2, -0.15) is 0 Å². The minimum absolute atomic E-state index is 0.553. The maximum absolute atomic E-state index is 3.46. The predicted molar refractivity (Wildman–Crippen MR) is 90.6 cm³/mol. The number of benzene rings is 2. The van der Waals surface area contributed by atoms with E-state index in [1.54, 1.807) is 0 Å². The quantitative estimate of drug-likeness (QED) is 0.917. The van der Waals surface area contributed by atoms with Crippen LogP contribution >= 0.6 is 0 Å². The molecule has 0 saturated carbocycles. The maximum atomic E-state index is 3.46. The Hall–Kier alpha value is -1.38. The van der Waals surface area contributed by atoms with Crippen LogP contribution in [0.1, 0.15) is 31.9 Å². The van der Waals surface area contributed by atoms with Crippen LogP contribution in [0.25, 0.3) is 10.8 Å². The van der Waals surface area contributed by atoms with Gasteiger partial charge >= 0.3 is 0 Å². The molecule has 112 valence electrons. The summed E-state index contributed by atoms with van der Waals surface area (Å²) in [5, 5.41) is 6.16. The summed E-state index contributed by atoms with van der Waals surface area (Å²) in [7, 11) is 0. The van der Waals surface area contributed by atoms with Crippen molar-refractivity contribution in [1.29, 1.82) is 0 Å². The fourth-order valence-corrected chi connectivity index (χ4v) is 3.35. The van der Waals surface area contributed by atoms with E-state index in [2.05, 4.69) is 66.5 Å². The van der Waals surface area contributed by atoms with Gasteiger partial charge < -0.3 is 5.32 Å². The van der Waals surface area contributed by atoms with E-state index in [4.69, 9.17) is 0 Å². The first kappa shape index (κ1) is 14.6. The molecule has 1 aliphatic heterocycles. The van der Waals surface area contributed by atoms with E-state index < -0.39 is 0 Å². The molecule has 2 heteroatoms. The summed E-state index contributed by atoms with van der Waals surface area (Å²) in [6, 6.07) is 16.2. The number of piperazine rings is 1. The minimum atomic E-state index is 0.553. The maximum Gasteiger partial charge on any atom is 0.0351 e. The van der Waals surface area contributed by atoms with Crippen molar-refractivity contribution in [2.45, 2.75) is 26.3 Å². The van der Waals surface area contributed by atoms with Crippen molar-refractivity contribution in [2.24, 2.45) is 5.92 Å². The monoisotopic (exact) mass is 282 g/mol. The number of rotatable bonds is 4. The minimum Gasteiger partial charge on any atom is -0.314 e. The van der Waals surface area contributed by atoms with E-state index in [1.165, 1.54) is 22.8 Å². The Morgan fingerprint density at radius 2 is 1.71 bits per heavy atom. The molecule has 1 saturated heterocycles. The zero-order valence-corrected chi connectivity index (χ0v) is 13.2. The zero-order valence-electron chi connectivity index (χ0n) is 13.2. The molecule has 21 heavy (non-hydrogen) atoms. The number of hydrogen-bond acceptors (Lipinski definition) is 2. The van der Waals surface area contributed by atoms with Crippen molar-refractivity contribution in [3.8, 4) is 0 Å². The third kappa shape index (κ3) is 3.45. The molecule has 2 aromatic rings. The van der Waals surface area contributed by atoms with Crippen LogP contribution in [0.3, 0.4) is 0 Å². The van der Waals surface area contributed by atoms with Gasteiger partial charge in [-0.1, -0.05) is 50.2 Å². The predicted octanol–water partition coefficient (Wildman–Crippen LogP) is 3.83. The smallest absolute Gasteiger partial charge is 0.0351 e. The van der Waals surface area contributed by atoms with Gasteiger partial charge in [-0.25, -0.2) is 0 Å². The molecule has 0 aromatic heterocycles. The van der Waals surface area contributed by atoms with Gasteiger partial charge in [0.05, 0.1) is 0 Å². The average Bonchev–Trinajstić information content (AvgIpc) is 2.53. The van der Waals surface area contributed by atoms with E-state index in [0.29, 0.717) is 6.04 Å². The summed E-state index contributed by atoms with van der Waals surface area (Å²) >= 11 is 0. The van der Waals surface area contributed by atoms with E-state index in [1.807, 2.05) is 0 Å². The Morgan fingerprint density at radius 1 is 1.00 bits per heavy atom. The van der Waals surface area contributed by atoms with Gasteiger partial charge in [-0.3, -0.25) is 4.90 Å². The van der Waals surface area contributed by atoms with E-state index >= 15 is 0 Å². The van der Waals surface area contributed by atoms with Gasteiger partial charge in [0.1, 0.15) is 0 Å². The lowest BCUT2D eigenvalue weighted by Crippen LogP contribution is -2.45. The lowest BCUT2D eigenvalue weighted by atomic mass is 9.93. The van der Waals surface area contributed by atoms with Gasteiger partial charge in [0.2, 0.25) is 0 Å². The number of nitrogens with one attached hydrogen (secondary N) is 1. The van der Waals surface area contributed by atoms with Gasteiger partial charge in [-0.05, 0) is 34.7 Å². The number of hydrogen-bond donors (Lipinski definition) is 1. The highest BCUT2D eigenvalue weighted by molar-refractivity contribution is 5.83. The second-order valence-electron chi connectivity index (χ2n) is 6.54. The average molecular weight is 282 g/mol. The molecule has 0 amide bonds. The van der Waals surface area contributed by atoms with Crippen LogP contribution in [0.2, 0.25) is 0 Å². The Morgan fingerprint density at radius 3 is 2.43 bits per heavy atom. The summed E-state index contributed by atoms with van der Waals surface area (Å²) in [6.45, 7) is 9.20. The SMILES string of the molecule is CC(C)C[C@H](c1ccc2ccccc2c1)N1CCNCC1. The Kier molecular flexibility index (Phi) is 4.57. The third-order valence-electron chi connectivity index (χ3n) is 4.45. The lowest BCUT2D eigenvalue weighted by molar-refractivity contribution is 0.154. The van der Waals surface area contributed by atoms with E-state index in [9.17, 15) is 0 Å². The first-order valence-electron chi connectivity index (χ1n) is 8.17. The summed E-state index contributed by atoms with van der Waals surface area (Å²) in [5.74, 6) is 0.719. The molecule has 2 nitrogen and oxygen atoms in total.